The number of hydrogen-bond acceptors (Lipinski definition) is 2. The standard InChI is InChI=1S/C15H19F3N2O/c16-15(17,18)12-5-3-11(4-6-12)10-14(21)20-9-7-13-2-1-8-19-13/h3-6,13,19H,1-2,7-10H2,(H,20,21). The van der Waals surface area contributed by atoms with Crippen molar-refractivity contribution < 1.29 is 18.0 Å². The Morgan fingerprint density at radius 2 is 2.00 bits per heavy atom. The molecule has 116 valence electrons. The van der Waals surface area contributed by atoms with Crippen LogP contribution in [0.4, 0.5) is 13.2 Å². The third kappa shape index (κ3) is 5.04. The van der Waals surface area contributed by atoms with E-state index in [-0.39, 0.29) is 12.3 Å². The molecule has 0 saturated carbocycles. The lowest BCUT2D eigenvalue weighted by Crippen LogP contribution is -2.31. The van der Waals surface area contributed by atoms with Gasteiger partial charge in [-0.15, -0.1) is 0 Å². The van der Waals surface area contributed by atoms with Crippen LogP contribution >= 0.6 is 0 Å². The fourth-order valence-corrected chi connectivity index (χ4v) is 2.45. The molecular formula is C15H19F3N2O. The molecular weight excluding hydrogens is 281 g/mol. The van der Waals surface area contributed by atoms with Crippen LogP contribution in [0.5, 0.6) is 0 Å². The van der Waals surface area contributed by atoms with Gasteiger partial charge in [0.1, 0.15) is 0 Å². The van der Waals surface area contributed by atoms with Crippen LogP contribution in [0.15, 0.2) is 24.3 Å². The topological polar surface area (TPSA) is 41.1 Å². The van der Waals surface area contributed by atoms with Gasteiger partial charge in [0.15, 0.2) is 0 Å². The van der Waals surface area contributed by atoms with Gasteiger partial charge in [-0.1, -0.05) is 12.1 Å². The van der Waals surface area contributed by atoms with Crippen molar-refractivity contribution in [1.82, 2.24) is 10.6 Å². The van der Waals surface area contributed by atoms with Crippen molar-refractivity contribution in [3.63, 3.8) is 0 Å². The SMILES string of the molecule is O=C(Cc1ccc(C(F)(F)F)cc1)NCCC1CCCN1. The predicted molar refractivity (Wildman–Crippen MR) is 73.8 cm³/mol. The highest BCUT2D eigenvalue weighted by molar-refractivity contribution is 5.78. The molecule has 1 aromatic rings. The van der Waals surface area contributed by atoms with Gasteiger partial charge >= 0.3 is 6.18 Å². The maximum absolute atomic E-state index is 12.4. The summed E-state index contributed by atoms with van der Waals surface area (Å²) in [5.41, 5.74) is -0.113. The van der Waals surface area contributed by atoms with E-state index in [0.717, 1.165) is 31.5 Å². The Hall–Kier alpha value is -1.56. The molecule has 0 spiro atoms. The summed E-state index contributed by atoms with van der Waals surface area (Å²) in [7, 11) is 0. The molecule has 3 nitrogen and oxygen atoms in total. The van der Waals surface area contributed by atoms with E-state index in [4.69, 9.17) is 0 Å². The van der Waals surface area contributed by atoms with Crippen molar-refractivity contribution in [3.8, 4) is 0 Å². The summed E-state index contributed by atoms with van der Waals surface area (Å²) >= 11 is 0. The molecule has 0 bridgehead atoms. The molecule has 21 heavy (non-hydrogen) atoms. The average molecular weight is 300 g/mol. The van der Waals surface area contributed by atoms with Gasteiger partial charge in [0.25, 0.3) is 0 Å². The Kier molecular flexibility index (Phi) is 5.22. The van der Waals surface area contributed by atoms with Gasteiger partial charge in [-0.05, 0) is 43.5 Å². The summed E-state index contributed by atoms with van der Waals surface area (Å²) < 4.78 is 37.2. The second-order valence-electron chi connectivity index (χ2n) is 5.30. The molecule has 1 aliphatic rings. The second kappa shape index (κ2) is 6.93. The number of nitrogens with one attached hydrogen (secondary N) is 2. The second-order valence-corrected chi connectivity index (χ2v) is 5.30. The zero-order chi connectivity index (χ0) is 15.3. The summed E-state index contributed by atoms with van der Waals surface area (Å²) in [6.07, 6.45) is -1.04. The zero-order valence-corrected chi connectivity index (χ0v) is 11.7. The number of carbonyl (C=O) groups excluding carboxylic acids is 1. The van der Waals surface area contributed by atoms with Crippen LogP contribution in [-0.4, -0.2) is 25.0 Å². The molecule has 0 aromatic heterocycles. The highest BCUT2D eigenvalue weighted by Gasteiger charge is 2.29. The number of halogens is 3. The van der Waals surface area contributed by atoms with Gasteiger partial charge in [-0.3, -0.25) is 4.79 Å². The first-order valence-electron chi connectivity index (χ1n) is 7.11. The van der Waals surface area contributed by atoms with Crippen molar-refractivity contribution in [2.75, 3.05) is 13.1 Å². The van der Waals surface area contributed by atoms with Crippen molar-refractivity contribution in [1.29, 1.82) is 0 Å². The van der Waals surface area contributed by atoms with Crippen LogP contribution in [0.2, 0.25) is 0 Å². The van der Waals surface area contributed by atoms with Gasteiger partial charge in [0.05, 0.1) is 12.0 Å². The molecule has 0 aliphatic carbocycles. The molecule has 1 saturated heterocycles. The van der Waals surface area contributed by atoms with Gasteiger partial charge in [0, 0.05) is 12.6 Å². The first kappa shape index (κ1) is 15.8. The molecule has 1 aromatic carbocycles. The monoisotopic (exact) mass is 300 g/mol. The van der Waals surface area contributed by atoms with Crippen molar-refractivity contribution in [3.05, 3.63) is 35.4 Å². The molecule has 6 heteroatoms. The van der Waals surface area contributed by atoms with Crippen molar-refractivity contribution in [2.24, 2.45) is 0 Å². The van der Waals surface area contributed by atoms with Crippen LogP contribution in [0.3, 0.4) is 0 Å². The maximum Gasteiger partial charge on any atom is 0.416 e. The third-order valence-electron chi connectivity index (χ3n) is 3.62. The fraction of sp³-hybridized carbons (Fsp3) is 0.533. The van der Waals surface area contributed by atoms with Crippen LogP contribution in [0.25, 0.3) is 0 Å². The summed E-state index contributed by atoms with van der Waals surface area (Å²) in [4.78, 5) is 11.7. The summed E-state index contributed by atoms with van der Waals surface area (Å²) in [5, 5.41) is 6.14. The minimum absolute atomic E-state index is 0.107. The summed E-state index contributed by atoms with van der Waals surface area (Å²) in [5.74, 6) is -0.159. The molecule has 1 amide bonds. The van der Waals surface area contributed by atoms with E-state index < -0.39 is 11.7 Å². The number of alkyl halides is 3. The highest BCUT2D eigenvalue weighted by atomic mass is 19.4. The van der Waals surface area contributed by atoms with Gasteiger partial charge in [-0.25, -0.2) is 0 Å². The molecule has 1 fully saturated rings. The number of rotatable bonds is 5. The van der Waals surface area contributed by atoms with E-state index in [9.17, 15) is 18.0 Å². The minimum atomic E-state index is -4.34. The van der Waals surface area contributed by atoms with Gasteiger partial charge in [0.2, 0.25) is 5.91 Å². The summed E-state index contributed by atoms with van der Waals surface area (Å²) in [6.45, 7) is 1.63. The maximum atomic E-state index is 12.4. The third-order valence-corrected chi connectivity index (χ3v) is 3.62. The Bertz CT molecular complexity index is 465. The van der Waals surface area contributed by atoms with Crippen LogP contribution in [-0.2, 0) is 17.4 Å². The van der Waals surface area contributed by atoms with E-state index in [1.807, 2.05) is 0 Å². The lowest BCUT2D eigenvalue weighted by Gasteiger charge is -2.11. The molecule has 1 aliphatic heterocycles. The number of benzene rings is 1. The lowest BCUT2D eigenvalue weighted by molar-refractivity contribution is -0.137. The van der Waals surface area contributed by atoms with Gasteiger partial charge < -0.3 is 10.6 Å². The largest absolute Gasteiger partial charge is 0.416 e. The molecule has 1 heterocycles. The Balaban J connectivity index is 1.74. The molecule has 1 unspecified atom stereocenters. The van der Waals surface area contributed by atoms with Crippen molar-refractivity contribution in [2.45, 2.75) is 37.9 Å². The summed E-state index contributed by atoms with van der Waals surface area (Å²) in [6, 6.07) is 5.18. The molecule has 2 N–H and O–H groups in total. The van der Waals surface area contributed by atoms with E-state index in [0.29, 0.717) is 18.2 Å². The highest BCUT2D eigenvalue weighted by Crippen LogP contribution is 2.29. The Labute approximate surface area is 121 Å². The number of carbonyl (C=O) groups is 1. The smallest absolute Gasteiger partial charge is 0.356 e. The predicted octanol–water partition coefficient (Wildman–Crippen LogP) is 2.51. The van der Waals surface area contributed by atoms with E-state index in [2.05, 4.69) is 10.6 Å². The Morgan fingerprint density at radius 3 is 2.57 bits per heavy atom. The van der Waals surface area contributed by atoms with Crippen LogP contribution in [0.1, 0.15) is 30.4 Å². The first-order valence-corrected chi connectivity index (χ1v) is 7.11. The molecule has 2 rings (SSSR count). The first-order chi connectivity index (χ1) is 9.95. The van der Waals surface area contributed by atoms with E-state index in [1.54, 1.807) is 0 Å². The van der Waals surface area contributed by atoms with Crippen LogP contribution in [0, 0.1) is 0 Å². The minimum Gasteiger partial charge on any atom is -0.356 e. The van der Waals surface area contributed by atoms with Crippen molar-refractivity contribution >= 4 is 5.91 Å². The normalized spacial score (nSPS) is 18.7. The zero-order valence-electron chi connectivity index (χ0n) is 11.7. The number of hydrogen-bond donors (Lipinski definition) is 2. The lowest BCUT2D eigenvalue weighted by atomic mass is 10.1. The molecule has 1 atom stereocenters. The van der Waals surface area contributed by atoms with Crippen LogP contribution < -0.4 is 10.6 Å². The quantitative estimate of drug-likeness (QED) is 0.877. The van der Waals surface area contributed by atoms with E-state index in [1.165, 1.54) is 18.6 Å². The fourth-order valence-electron chi connectivity index (χ4n) is 2.45. The van der Waals surface area contributed by atoms with E-state index >= 15 is 0 Å². The van der Waals surface area contributed by atoms with Gasteiger partial charge in [-0.2, -0.15) is 13.2 Å². The average Bonchev–Trinajstić information content (AvgIpc) is 2.91. The molecule has 0 radical (unpaired) electrons. The number of amides is 1. The Morgan fingerprint density at radius 1 is 1.29 bits per heavy atom.